The molecule has 1 rings (SSSR count). The molecule has 0 saturated carbocycles. The topological polar surface area (TPSA) is 26.3 Å². The molecule has 0 fully saturated rings. The highest BCUT2D eigenvalue weighted by Crippen LogP contribution is 2.17. The summed E-state index contributed by atoms with van der Waals surface area (Å²) in [5.74, 6) is 0.500. The lowest BCUT2D eigenvalue weighted by molar-refractivity contribution is -0.134. The molecule has 0 amide bonds. The standard InChI is InChI=1S/C13H20O2/c1-2-13(14)15-12-10-8-6-4-3-5-7-9-11-12/h2,10H,1,3-9,11H2. The molecule has 0 spiro atoms. The van der Waals surface area contributed by atoms with Gasteiger partial charge < -0.3 is 4.74 Å². The van der Waals surface area contributed by atoms with Gasteiger partial charge in [-0.2, -0.15) is 0 Å². The van der Waals surface area contributed by atoms with Gasteiger partial charge in [0.15, 0.2) is 0 Å². The van der Waals surface area contributed by atoms with Gasteiger partial charge in [0.05, 0.1) is 0 Å². The third kappa shape index (κ3) is 5.40. The smallest absolute Gasteiger partial charge is 0.335 e. The Morgan fingerprint density at radius 3 is 2.60 bits per heavy atom. The number of carbonyl (C=O) groups is 1. The molecule has 0 atom stereocenters. The Morgan fingerprint density at radius 2 is 1.87 bits per heavy atom. The molecule has 2 nitrogen and oxygen atoms in total. The van der Waals surface area contributed by atoms with E-state index in [2.05, 4.69) is 12.7 Å². The Hall–Kier alpha value is -1.05. The van der Waals surface area contributed by atoms with Gasteiger partial charge in [0.25, 0.3) is 0 Å². The minimum Gasteiger partial charge on any atom is -0.428 e. The molecule has 0 aromatic heterocycles. The number of allylic oxidation sites excluding steroid dienone is 2. The first-order valence-corrected chi connectivity index (χ1v) is 5.86. The molecule has 0 radical (unpaired) electrons. The summed E-state index contributed by atoms with van der Waals surface area (Å²) in [7, 11) is 0. The van der Waals surface area contributed by atoms with Gasteiger partial charge in [-0.1, -0.05) is 32.3 Å². The fourth-order valence-electron chi connectivity index (χ4n) is 1.78. The van der Waals surface area contributed by atoms with Gasteiger partial charge in [0.1, 0.15) is 5.76 Å². The van der Waals surface area contributed by atoms with E-state index in [1.54, 1.807) is 0 Å². The molecule has 0 unspecified atom stereocenters. The van der Waals surface area contributed by atoms with Crippen LogP contribution in [0.2, 0.25) is 0 Å². The van der Waals surface area contributed by atoms with Gasteiger partial charge in [0.2, 0.25) is 0 Å². The van der Waals surface area contributed by atoms with E-state index in [0.29, 0.717) is 0 Å². The number of hydrogen-bond donors (Lipinski definition) is 0. The molecule has 0 N–H and O–H groups in total. The second-order valence-electron chi connectivity index (χ2n) is 3.96. The summed E-state index contributed by atoms with van der Waals surface area (Å²) in [6, 6.07) is 0. The van der Waals surface area contributed by atoms with Crippen molar-refractivity contribution in [2.75, 3.05) is 0 Å². The summed E-state index contributed by atoms with van der Waals surface area (Å²) in [5, 5.41) is 0. The number of rotatable bonds is 2. The molecule has 84 valence electrons. The highest BCUT2D eigenvalue weighted by molar-refractivity contribution is 5.82. The van der Waals surface area contributed by atoms with Gasteiger partial charge in [-0.3, -0.25) is 0 Å². The number of ether oxygens (including phenoxy) is 1. The van der Waals surface area contributed by atoms with Crippen LogP contribution in [0, 0.1) is 0 Å². The lowest BCUT2D eigenvalue weighted by Gasteiger charge is -2.09. The summed E-state index contributed by atoms with van der Waals surface area (Å²) in [6.45, 7) is 3.40. The molecule has 2 heteroatoms. The van der Waals surface area contributed by atoms with Crippen LogP contribution in [0.3, 0.4) is 0 Å². The molecule has 0 heterocycles. The summed E-state index contributed by atoms with van der Waals surface area (Å²) in [6.07, 6.45) is 12.7. The van der Waals surface area contributed by atoms with Crippen LogP contribution >= 0.6 is 0 Å². The minimum atomic E-state index is -0.335. The lowest BCUT2D eigenvalue weighted by Crippen LogP contribution is -2.01. The van der Waals surface area contributed by atoms with Crippen molar-refractivity contribution in [2.45, 2.75) is 51.4 Å². The van der Waals surface area contributed by atoms with Crippen LogP contribution in [-0.4, -0.2) is 5.97 Å². The Balaban J connectivity index is 2.45. The summed E-state index contributed by atoms with van der Waals surface area (Å²) < 4.78 is 5.18. The van der Waals surface area contributed by atoms with E-state index >= 15 is 0 Å². The van der Waals surface area contributed by atoms with Crippen LogP contribution in [0.4, 0.5) is 0 Å². The monoisotopic (exact) mass is 208 g/mol. The van der Waals surface area contributed by atoms with Gasteiger partial charge in [0, 0.05) is 12.5 Å². The van der Waals surface area contributed by atoms with E-state index in [4.69, 9.17) is 4.74 Å². The zero-order valence-electron chi connectivity index (χ0n) is 9.34. The van der Waals surface area contributed by atoms with Crippen molar-refractivity contribution < 1.29 is 9.53 Å². The van der Waals surface area contributed by atoms with E-state index in [1.165, 1.54) is 38.2 Å². The van der Waals surface area contributed by atoms with Gasteiger partial charge in [-0.15, -0.1) is 0 Å². The first kappa shape index (κ1) is 12.0. The zero-order chi connectivity index (χ0) is 10.9. The normalized spacial score (nSPS) is 18.8. The number of esters is 1. The third-order valence-corrected chi connectivity index (χ3v) is 2.65. The number of hydrogen-bond acceptors (Lipinski definition) is 2. The highest BCUT2D eigenvalue weighted by Gasteiger charge is 2.04. The lowest BCUT2D eigenvalue weighted by atomic mass is 10.0. The highest BCUT2D eigenvalue weighted by atomic mass is 16.5. The van der Waals surface area contributed by atoms with E-state index in [9.17, 15) is 4.79 Å². The van der Waals surface area contributed by atoms with Crippen LogP contribution in [0.15, 0.2) is 24.5 Å². The fourth-order valence-corrected chi connectivity index (χ4v) is 1.78. The van der Waals surface area contributed by atoms with E-state index in [1.807, 2.05) is 0 Å². The van der Waals surface area contributed by atoms with Crippen molar-refractivity contribution in [1.82, 2.24) is 0 Å². The van der Waals surface area contributed by atoms with Crippen molar-refractivity contribution in [3.05, 3.63) is 24.5 Å². The van der Waals surface area contributed by atoms with Crippen LogP contribution < -0.4 is 0 Å². The Morgan fingerprint density at radius 1 is 1.20 bits per heavy atom. The molecule has 0 saturated heterocycles. The predicted octanol–water partition coefficient (Wildman–Crippen LogP) is 3.73. The molecular formula is C13H20O2. The maximum atomic E-state index is 11.1. The van der Waals surface area contributed by atoms with Crippen molar-refractivity contribution >= 4 is 5.97 Å². The summed E-state index contributed by atoms with van der Waals surface area (Å²) in [4.78, 5) is 11.1. The SMILES string of the molecule is C=CC(=O)OC1=CCCCCCCCC1. The minimum absolute atomic E-state index is 0.335. The molecular weight excluding hydrogens is 188 g/mol. The van der Waals surface area contributed by atoms with Gasteiger partial charge >= 0.3 is 5.97 Å². The van der Waals surface area contributed by atoms with Crippen LogP contribution in [0.5, 0.6) is 0 Å². The maximum Gasteiger partial charge on any atom is 0.335 e. The maximum absolute atomic E-state index is 11.1. The van der Waals surface area contributed by atoms with Crippen LogP contribution in [0.1, 0.15) is 51.4 Å². The summed E-state index contributed by atoms with van der Waals surface area (Å²) >= 11 is 0. The first-order chi connectivity index (χ1) is 7.33. The first-order valence-electron chi connectivity index (χ1n) is 5.86. The van der Waals surface area contributed by atoms with E-state index < -0.39 is 0 Å². The van der Waals surface area contributed by atoms with Crippen molar-refractivity contribution in [1.29, 1.82) is 0 Å². The molecule has 0 aromatic carbocycles. The van der Waals surface area contributed by atoms with E-state index in [0.717, 1.165) is 25.0 Å². The van der Waals surface area contributed by atoms with Crippen LogP contribution in [0.25, 0.3) is 0 Å². The second kappa shape index (κ2) is 7.27. The number of carbonyl (C=O) groups excluding carboxylic acids is 1. The van der Waals surface area contributed by atoms with Crippen molar-refractivity contribution in [3.63, 3.8) is 0 Å². The second-order valence-corrected chi connectivity index (χ2v) is 3.96. The average molecular weight is 208 g/mol. The summed E-state index contributed by atoms with van der Waals surface area (Å²) in [5.41, 5.74) is 0. The van der Waals surface area contributed by atoms with Crippen molar-refractivity contribution in [3.8, 4) is 0 Å². The molecule has 1 aliphatic rings. The average Bonchev–Trinajstić information content (AvgIpc) is 2.27. The van der Waals surface area contributed by atoms with E-state index in [-0.39, 0.29) is 5.97 Å². The third-order valence-electron chi connectivity index (χ3n) is 2.65. The van der Waals surface area contributed by atoms with Gasteiger partial charge in [-0.05, 0) is 25.3 Å². The quantitative estimate of drug-likeness (QED) is 0.510. The Bertz CT molecular complexity index is 241. The Labute approximate surface area is 92.0 Å². The zero-order valence-corrected chi connectivity index (χ0v) is 9.34. The predicted molar refractivity (Wildman–Crippen MR) is 61.3 cm³/mol. The van der Waals surface area contributed by atoms with Gasteiger partial charge in [-0.25, -0.2) is 4.79 Å². The molecule has 15 heavy (non-hydrogen) atoms. The largest absolute Gasteiger partial charge is 0.428 e. The molecule has 1 aliphatic carbocycles. The molecule has 0 aliphatic heterocycles. The molecule has 0 aromatic rings. The molecule has 0 bridgehead atoms. The Kier molecular flexibility index (Phi) is 5.83. The fraction of sp³-hybridized carbons (Fsp3) is 0.615. The van der Waals surface area contributed by atoms with Crippen molar-refractivity contribution in [2.24, 2.45) is 0 Å². The van der Waals surface area contributed by atoms with Crippen LogP contribution in [-0.2, 0) is 9.53 Å².